The van der Waals surface area contributed by atoms with Crippen LogP contribution in [0.3, 0.4) is 0 Å². The van der Waals surface area contributed by atoms with Gasteiger partial charge in [0.1, 0.15) is 6.61 Å². The van der Waals surface area contributed by atoms with Crippen LogP contribution < -0.4 is 29.7 Å². The summed E-state index contributed by atoms with van der Waals surface area (Å²) in [5.41, 5.74) is 6.27. The van der Waals surface area contributed by atoms with E-state index in [1.165, 1.54) is 20.4 Å². The lowest BCUT2D eigenvalue weighted by molar-refractivity contribution is -0.118. The van der Waals surface area contributed by atoms with Crippen molar-refractivity contribution < 1.29 is 28.5 Å². The monoisotopic (exact) mass is 631 g/mol. The van der Waals surface area contributed by atoms with Crippen LogP contribution in [0.4, 0.5) is 5.69 Å². The number of nitrogens with zero attached hydrogens (tertiary/aromatic N) is 1. The molecule has 9 nitrogen and oxygen atoms in total. The highest BCUT2D eigenvalue weighted by atomic mass is 79.9. The van der Waals surface area contributed by atoms with Crippen LogP contribution in [0.2, 0.25) is 0 Å². The first-order valence-corrected chi connectivity index (χ1v) is 13.7. The Hall–Kier alpha value is -4.83. The van der Waals surface area contributed by atoms with Gasteiger partial charge in [-0.05, 0) is 76.4 Å². The second-order valence-electron chi connectivity index (χ2n) is 9.08. The maximum absolute atomic E-state index is 12.7. The zero-order valence-electron chi connectivity index (χ0n) is 23.3. The molecule has 0 unspecified atom stereocenters. The van der Waals surface area contributed by atoms with Gasteiger partial charge in [0.25, 0.3) is 11.8 Å². The summed E-state index contributed by atoms with van der Waals surface area (Å²) in [5, 5.41) is 6.85. The van der Waals surface area contributed by atoms with E-state index in [9.17, 15) is 9.59 Å². The van der Waals surface area contributed by atoms with Crippen LogP contribution in [0.25, 0.3) is 0 Å². The van der Waals surface area contributed by atoms with Crippen molar-refractivity contribution in [1.29, 1.82) is 0 Å². The summed E-state index contributed by atoms with van der Waals surface area (Å²) in [4.78, 5) is 25.1. The van der Waals surface area contributed by atoms with Crippen LogP contribution in [-0.2, 0) is 11.4 Å². The van der Waals surface area contributed by atoms with Gasteiger partial charge in [-0.25, -0.2) is 5.43 Å². The molecule has 4 aromatic carbocycles. The Morgan fingerprint density at radius 2 is 1.60 bits per heavy atom. The van der Waals surface area contributed by atoms with Gasteiger partial charge < -0.3 is 24.3 Å². The van der Waals surface area contributed by atoms with Gasteiger partial charge in [-0.15, -0.1) is 0 Å². The number of halogens is 1. The van der Waals surface area contributed by atoms with Crippen LogP contribution >= 0.6 is 15.9 Å². The molecule has 42 heavy (non-hydrogen) atoms. The minimum atomic E-state index is -0.426. The normalized spacial score (nSPS) is 10.7. The Morgan fingerprint density at radius 3 is 2.31 bits per heavy atom. The van der Waals surface area contributed by atoms with Crippen molar-refractivity contribution in [3.05, 3.63) is 112 Å². The molecule has 0 radical (unpaired) electrons. The lowest BCUT2D eigenvalue weighted by Crippen LogP contribution is -2.20. The average molecular weight is 633 g/mol. The van der Waals surface area contributed by atoms with Crippen molar-refractivity contribution in [2.24, 2.45) is 5.10 Å². The first-order chi connectivity index (χ1) is 20.4. The number of nitrogens with one attached hydrogen (secondary N) is 2. The number of ether oxygens (including phenoxy) is 4. The molecule has 216 valence electrons. The molecular weight excluding hydrogens is 602 g/mol. The van der Waals surface area contributed by atoms with Gasteiger partial charge in [-0.2, -0.15) is 5.10 Å². The van der Waals surface area contributed by atoms with Gasteiger partial charge in [-0.1, -0.05) is 48.0 Å². The van der Waals surface area contributed by atoms with Crippen molar-refractivity contribution in [2.45, 2.75) is 13.5 Å². The van der Waals surface area contributed by atoms with E-state index in [-0.39, 0.29) is 12.5 Å². The molecule has 2 N–H and O–H groups in total. The number of hydrogen-bond donors (Lipinski definition) is 2. The largest absolute Gasteiger partial charge is 0.493 e. The number of aryl methyl sites for hydroxylation is 1. The van der Waals surface area contributed by atoms with Crippen molar-refractivity contribution in [3.63, 3.8) is 0 Å². The Labute approximate surface area is 252 Å². The minimum Gasteiger partial charge on any atom is -0.493 e. The zero-order chi connectivity index (χ0) is 29.9. The van der Waals surface area contributed by atoms with Gasteiger partial charge >= 0.3 is 0 Å². The first-order valence-electron chi connectivity index (χ1n) is 12.9. The van der Waals surface area contributed by atoms with Crippen molar-refractivity contribution in [1.82, 2.24) is 5.43 Å². The molecule has 2 amide bonds. The summed E-state index contributed by atoms with van der Waals surface area (Å²) in [7, 11) is 3.00. The second kappa shape index (κ2) is 14.7. The quantitative estimate of drug-likeness (QED) is 0.144. The summed E-state index contributed by atoms with van der Waals surface area (Å²) in [6.07, 6.45) is 1.47. The summed E-state index contributed by atoms with van der Waals surface area (Å²) in [6.45, 7) is 2.13. The predicted molar refractivity (Wildman–Crippen MR) is 165 cm³/mol. The molecule has 4 aromatic rings. The molecule has 10 heteroatoms. The molecule has 0 fully saturated rings. The predicted octanol–water partition coefficient (Wildman–Crippen LogP) is 6.14. The highest BCUT2D eigenvalue weighted by Crippen LogP contribution is 2.36. The second-order valence-corrected chi connectivity index (χ2v) is 9.93. The molecule has 0 aliphatic carbocycles. The molecule has 0 spiro atoms. The van der Waals surface area contributed by atoms with Gasteiger partial charge in [-0.3, -0.25) is 9.59 Å². The molecule has 0 atom stereocenters. The van der Waals surface area contributed by atoms with Crippen LogP contribution in [-0.4, -0.2) is 38.9 Å². The molecule has 0 bridgehead atoms. The van der Waals surface area contributed by atoms with Crippen LogP contribution in [0, 0.1) is 6.92 Å². The molecule has 0 saturated heterocycles. The van der Waals surface area contributed by atoms with E-state index in [1.807, 2.05) is 61.5 Å². The number of hydrazone groups is 1. The number of rotatable bonds is 12. The van der Waals surface area contributed by atoms with Crippen molar-refractivity contribution in [2.75, 3.05) is 26.1 Å². The summed E-state index contributed by atoms with van der Waals surface area (Å²) in [6, 6.07) is 25.5. The molecule has 0 saturated carbocycles. The highest BCUT2D eigenvalue weighted by Gasteiger charge is 2.14. The number of amides is 2. The van der Waals surface area contributed by atoms with E-state index < -0.39 is 5.91 Å². The Balaban J connectivity index is 1.35. The topological polar surface area (TPSA) is 107 Å². The molecular formula is C32H30BrN3O6. The summed E-state index contributed by atoms with van der Waals surface area (Å²) < 4.78 is 23.0. The average Bonchev–Trinajstić information content (AvgIpc) is 3.00. The van der Waals surface area contributed by atoms with Gasteiger partial charge in [0.2, 0.25) is 0 Å². The SMILES string of the molecule is COc1cc(C(=O)N/N=C/c2cc(Br)c(OCC(=O)Nc3ccc(C)cc3)c(OC)c2)ccc1OCc1ccccc1. The van der Waals surface area contributed by atoms with E-state index in [2.05, 4.69) is 31.8 Å². The maximum Gasteiger partial charge on any atom is 0.271 e. The lowest BCUT2D eigenvalue weighted by atomic mass is 10.2. The lowest BCUT2D eigenvalue weighted by Gasteiger charge is -2.13. The first kappa shape index (κ1) is 30.1. The number of carbonyl (C=O) groups is 2. The van der Waals surface area contributed by atoms with Gasteiger partial charge in [0.05, 0.1) is 24.9 Å². The van der Waals surface area contributed by atoms with Crippen LogP contribution in [0.5, 0.6) is 23.0 Å². The standard InChI is InChI=1S/C32H30BrN3O6/c1-21-9-12-25(13-10-21)35-30(37)20-42-31-26(33)15-23(16-29(31)40-3)18-34-36-32(38)24-11-14-27(28(17-24)39-2)41-19-22-7-5-4-6-8-22/h4-18H,19-20H2,1-3H3,(H,35,37)(H,36,38)/b34-18+. The maximum atomic E-state index is 12.7. The van der Waals surface area contributed by atoms with Crippen molar-refractivity contribution >= 4 is 39.6 Å². The minimum absolute atomic E-state index is 0.216. The van der Waals surface area contributed by atoms with Gasteiger partial charge in [0, 0.05) is 11.3 Å². The summed E-state index contributed by atoms with van der Waals surface area (Å²) in [5.74, 6) is 0.960. The third-order valence-electron chi connectivity index (χ3n) is 5.98. The Bertz CT molecular complexity index is 1560. The van der Waals surface area contributed by atoms with E-state index in [0.717, 1.165) is 11.1 Å². The van der Waals surface area contributed by atoms with E-state index in [4.69, 9.17) is 18.9 Å². The molecule has 0 heterocycles. The van der Waals surface area contributed by atoms with E-state index in [1.54, 1.807) is 30.3 Å². The molecule has 0 aliphatic rings. The fourth-order valence-corrected chi connectivity index (χ4v) is 4.39. The highest BCUT2D eigenvalue weighted by molar-refractivity contribution is 9.10. The third-order valence-corrected chi connectivity index (χ3v) is 6.57. The smallest absolute Gasteiger partial charge is 0.271 e. The van der Waals surface area contributed by atoms with Gasteiger partial charge in [0.15, 0.2) is 29.6 Å². The Kier molecular flexibility index (Phi) is 10.5. The zero-order valence-corrected chi connectivity index (χ0v) is 24.9. The number of anilines is 1. The molecule has 0 aromatic heterocycles. The number of hydrogen-bond acceptors (Lipinski definition) is 7. The Morgan fingerprint density at radius 1 is 0.857 bits per heavy atom. The van der Waals surface area contributed by atoms with E-state index in [0.29, 0.717) is 50.9 Å². The van der Waals surface area contributed by atoms with Crippen molar-refractivity contribution in [3.8, 4) is 23.0 Å². The fourth-order valence-electron chi connectivity index (χ4n) is 3.82. The summed E-state index contributed by atoms with van der Waals surface area (Å²) >= 11 is 3.46. The van der Waals surface area contributed by atoms with E-state index >= 15 is 0 Å². The number of methoxy groups -OCH3 is 2. The molecule has 4 rings (SSSR count). The fraction of sp³-hybridized carbons (Fsp3) is 0.156. The third kappa shape index (κ3) is 8.34. The van der Waals surface area contributed by atoms with Crippen LogP contribution in [0.1, 0.15) is 27.0 Å². The van der Waals surface area contributed by atoms with Crippen LogP contribution in [0.15, 0.2) is 94.5 Å². The number of carbonyl (C=O) groups excluding carboxylic acids is 2. The number of benzene rings is 4. The molecule has 0 aliphatic heterocycles.